The molecule has 1 aromatic heterocycles. The average molecular weight is 477 g/mol. The Kier molecular flexibility index (Phi) is 6.00. The van der Waals surface area contributed by atoms with Gasteiger partial charge >= 0.3 is 0 Å². The fourth-order valence-corrected chi connectivity index (χ4v) is 4.48. The molecular formula is C22H15Cl2FN2O3S. The van der Waals surface area contributed by atoms with Crippen LogP contribution in [-0.2, 0) is 16.4 Å². The van der Waals surface area contributed by atoms with Crippen molar-refractivity contribution in [2.24, 2.45) is 0 Å². The molecule has 0 saturated carbocycles. The number of sulfone groups is 1. The van der Waals surface area contributed by atoms with Crippen molar-refractivity contribution in [1.82, 2.24) is 4.98 Å². The third kappa shape index (κ3) is 4.58. The van der Waals surface area contributed by atoms with E-state index in [-0.39, 0.29) is 34.1 Å². The van der Waals surface area contributed by atoms with Crippen LogP contribution in [0.5, 0.6) is 0 Å². The van der Waals surface area contributed by atoms with E-state index in [0.717, 1.165) is 5.56 Å². The summed E-state index contributed by atoms with van der Waals surface area (Å²) in [5.41, 5.74) is 1.18. The third-order valence-corrected chi connectivity index (χ3v) is 6.71. The molecule has 4 rings (SSSR count). The van der Waals surface area contributed by atoms with Gasteiger partial charge in [-0.15, -0.1) is 0 Å². The van der Waals surface area contributed by atoms with Crippen LogP contribution in [0.4, 0.5) is 10.3 Å². The van der Waals surface area contributed by atoms with E-state index in [1.165, 1.54) is 36.4 Å². The molecule has 0 fully saturated rings. The standard InChI is InChI=1S/C22H15Cl2FN2O3S/c23-15-7-11-17(12-8-15)31(28,29)22-21(26-13-14-5-9-16(25)10-6-14)30-20(27-22)18-3-1-2-4-19(18)24/h1-12,26H,13H2. The number of aromatic nitrogens is 1. The van der Waals surface area contributed by atoms with Gasteiger partial charge in [-0.3, -0.25) is 0 Å². The molecule has 0 saturated heterocycles. The predicted molar refractivity (Wildman–Crippen MR) is 118 cm³/mol. The monoisotopic (exact) mass is 476 g/mol. The minimum atomic E-state index is -4.03. The molecule has 9 heteroatoms. The van der Waals surface area contributed by atoms with Gasteiger partial charge in [0.1, 0.15) is 5.82 Å². The van der Waals surface area contributed by atoms with Crippen LogP contribution in [0.15, 0.2) is 87.1 Å². The van der Waals surface area contributed by atoms with Crippen LogP contribution in [0.25, 0.3) is 11.5 Å². The Bertz CT molecular complexity index is 1320. The highest BCUT2D eigenvalue weighted by Gasteiger charge is 2.29. The second-order valence-corrected chi connectivity index (χ2v) is 9.28. The average Bonchev–Trinajstić information content (AvgIpc) is 3.19. The summed E-state index contributed by atoms with van der Waals surface area (Å²) in [5.74, 6) is -0.357. The van der Waals surface area contributed by atoms with E-state index in [9.17, 15) is 12.8 Å². The van der Waals surface area contributed by atoms with Gasteiger partial charge in [0, 0.05) is 11.6 Å². The fourth-order valence-electron chi connectivity index (χ4n) is 2.86. The lowest BCUT2D eigenvalue weighted by Crippen LogP contribution is -2.07. The predicted octanol–water partition coefficient (Wildman–Crippen LogP) is 6.23. The quantitative estimate of drug-likeness (QED) is 0.356. The first kappa shape index (κ1) is 21.4. The number of hydrogen-bond donors (Lipinski definition) is 1. The van der Waals surface area contributed by atoms with Crippen LogP contribution in [0.2, 0.25) is 10.0 Å². The molecule has 31 heavy (non-hydrogen) atoms. The zero-order valence-electron chi connectivity index (χ0n) is 15.8. The number of hydrogen-bond acceptors (Lipinski definition) is 5. The van der Waals surface area contributed by atoms with Gasteiger partial charge in [0.25, 0.3) is 0 Å². The first-order valence-electron chi connectivity index (χ1n) is 9.09. The number of nitrogens with zero attached hydrogens (tertiary/aromatic N) is 1. The highest BCUT2D eigenvalue weighted by molar-refractivity contribution is 7.91. The van der Waals surface area contributed by atoms with E-state index in [2.05, 4.69) is 10.3 Å². The van der Waals surface area contributed by atoms with Crippen LogP contribution in [0.1, 0.15) is 5.56 Å². The molecular weight excluding hydrogens is 462 g/mol. The Morgan fingerprint density at radius 1 is 0.935 bits per heavy atom. The van der Waals surface area contributed by atoms with E-state index in [4.69, 9.17) is 27.6 Å². The molecule has 5 nitrogen and oxygen atoms in total. The lowest BCUT2D eigenvalue weighted by atomic mass is 10.2. The maximum absolute atomic E-state index is 13.3. The smallest absolute Gasteiger partial charge is 0.234 e. The first-order valence-corrected chi connectivity index (χ1v) is 11.3. The van der Waals surface area contributed by atoms with Crippen molar-refractivity contribution in [1.29, 1.82) is 0 Å². The van der Waals surface area contributed by atoms with Crippen molar-refractivity contribution in [3.05, 3.63) is 94.2 Å². The lowest BCUT2D eigenvalue weighted by molar-refractivity contribution is 0.576. The summed E-state index contributed by atoms with van der Waals surface area (Å²) in [6.45, 7) is 0.195. The first-order chi connectivity index (χ1) is 14.8. The highest BCUT2D eigenvalue weighted by atomic mass is 35.5. The van der Waals surface area contributed by atoms with Gasteiger partial charge in [0.15, 0.2) is 0 Å². The molecule has 0 spiro atoms. The molecule has 4 aromatic rings. The van der Waals surface area contributed by atoms with E-state index in [1.54, 1.807) is 36.4 Å². The summed E-state index contributed by atoms with van der Waals surface area (Å²) in [4.78, 5) is 4.26. The molecule has 1 heterocycles. The van der Waals surface area contributed by atoms with Gasteiger partial charge in [0.2, 0.25) is 26.6 Å². The lowest BCUT2D eigenvalue weighted by Gasteiger charge is -2.06. The number of anilines is 1. The maximum Gasteiger partial charge on any atom is 0.234 e. The Balaban J connectivity index is 1.77. The topological polar surface area (TPSA) is 72.2 Å². The van der Waals surface area contributed by atoms with Gasteiger partial charge in [-0.25, -0.2) is 12.8 Å². The molecule has 0 aliphatic rings. The summed E-state index contributed by atoms with van der Waals surface area (Å²) in [5, 5.41) is 3.43. The van der Waals surface area contributed by atoms with E-state index in [1.807, 2.05) is 0 Å². The van der Waals surface area contributed by atoms with Crippen molar-refractivity contribution in [3.63, 3.8) is 0 Å². The SMILES string of the molecule is O=S(=O)(c1ccc(Cl)cc1)c1nc(-c2ccccc2Cl)oc1NCc1ccc(F)cc1. The Morgan fingerprint density at radius 2 is 1.61 bits per heavy atom. The largest absolute Gasteiger partial charge is 0.419 e. The zero-order valence-corrected chi connectivity index (χ0v) is 18.2. The summed E-state index contributed by atoms with van der Waals surface area (Å²) < 4.78 is 45.5. The fraction of sp³-hybridized carbons (Fsp3) is 0.0455. The van der Waals surface area contributed by atoms with Crippen LogP contribution in [0, 0.1) is 5.82 Å². The molecule has 0 bridgehead atoms. The zero-order chi connectivity index (χ0) is 22.0. The molecule has 0 unspecified atom stereocenters. The second-order valence-electron chi connectivity index (χ2n) is 6.57. The van der Waals surface area contributed by atoms with Crippen molar-refractivity contribution in [2.45, 2.75) is 16.5 Å². The number of rotatable bonds is 6. The van der Waals surface area contributed by atoms with Crippen molar-refractivity contribution in [2.75, 3.05) is 5.32 Å². The van der Waals surface area contributed by atoms with Gasteiger partial charge in [0.05, 0.1) is 15.5 Å². The van der Waals surface area contributed by atoms with Crippen molar-refractivity contribution in [3.8, 4) is 11.5 Å². The minimum Gasteiger partial charge on any atom is -0.419 e. The number of nitrogens with one attached hydrogen (secondary N) is 1. The van der Waals surface area contributed by atoms with Gasteiger partial charge < -0.3 is 9.73 Å². The molecule has 1 N–H and O–H groups in total. The van der Waals surface area contributed by atoms with Gasteiger partial charge in [-0.05, 0) is 54.1 Å². The summed E-state index contributed by atoms with van der Waals surface area (Å²) in [7, 11) is -4.03. The summed E-state index contributed by atoms with van der Waals surface area (Å²) >= 11 is 12.1. The minimum absolute atomic E-state index is 0.0146. The van der Waals surface area contributed by atoms with Crippen molar-refractivity contribution < 1.29 is 17.2 Å². The maximum atomic E-state index is 13.3. The Labute approximate surface area is 188 Å². The molecule has 158 valence electrons. The van der Waals surface area contributed by atoms with Crippen LogP contribution in [-0.4, -0.2) is 13.4 Å². The van der Waals surface area contributed by atoms with Crippen LogP contribution in [0.3, 0.4) is 0 Å². The van der Waals surface area contributed by atoms with E-state index < -0.39 is 9.84 Å². The van der Waals surface area contributed by atoms with E-state index in [0.29, 0.717) is 15.6 Å². The molecule has 3 aromatic carbocycles. The van der Waals surface area contributed by atoms with Crippen molar-refractivity contribution >= 4 is 38.9 Å². The summed E-state index contributed by atoms with van der Waals surface area (Å²) in [6, 6.07) is 18.4. The number of halogens is 3. The summed E-state index contributed by atoms with van der Waals surface area (Å²) in [6.07, 6.45) is 0. The normalized spacial score (nSPS) is 11.5. The van der Waals surface area contributed by atoms with Gasteiger partial charge in [-0.1, -0.05) is 47.5 Å². The highest BCUT2D eigenvalue weighted by Crippen LogP contribution is 2.35. The Morgan fingerprint density at radius 3 is 2.29 bits per heavy atom. The molecule has 0 aliphatic carbocycles. The molecule has 0 radical (unpaired) electrons. The van der Waals surface area contributed by atoms with Crippen LogP contribution < -0.4 is 5.32 Å². The number of oxazole rings is 1. The van der Waals surface area contributed by atoms with E-state index >= 15 is 0 Å². The molecule has 0 atom stereocenters. The Hall–Kier alpha value is -2.87. The third-order valence-electron chi connectivity index (χ3n) is 4.45. The van der Waals surface area contributed by atoms with Crippen LogP contribution >= 0.6 is 23.2 Å². The second kappa shape index (κ2) is 8.70. The number of benzene rings is 3. The molecule has 0 aliphatic heterocycles. The molecule has 0 amide bonds. The van der Waals surface area contributed by atoms with Gasteiger partial charge in [-0.2, -0.15) is 4.98 Å².